The first-order chi connectivity index (χ1) is 6.24. The number of ether oxygens (including phenoxy) is 1. The second kappa shape index (κ2) is 4.97. The van der Waals surface area contributed by atoms with Gasteiger partial charge < -0.3 is 4.74 Å². The lowest BCUT2D eigenvalue weighted by Crippen LogP contribution is -2.31. The Kier molecular flexibility index (Phi) is 3.89. The zero-order valence-electron chi connectivity index (χ0n) is 8.19. The molecular formula is C9H16N2O2. The largest absolute Gasteiger partial charge is 0.376 e. The van der Waals surface area contributed by atoms with E-state index in [1.54, 1.807) is 13.3 Å². The first-order valence-corrected chi connectivity index (χ1v) is 4.61. The van der Waals surface area contributed by atoms with Crippen LogP contribution >= 0.6 is 0 Å². The van der Waals surface area contributed by atoms with Gasteiger partial charge in [0.25, 0.3) is 0 Å². The maximum Gasteiger partial charge on any atom is 0.242 e. The number of nitrogens with zero attached hydrogens (tertiary/aromatic N) is 2. The van der Waals surface area contributed by atoms with E-state index in [9.17, 15) is 4.79 Å². The van der Waals surface area contributed by atoms with Crippen LogP contribution in [0.4, 0.5) is 0 Å². The predicted molar refractivity (Wildman–Crippen MR) is 50.5 cm³/mol. The second-order valence-corrected chi connectivity index (χ2v) is 3.18. The van der Waals surface area contributed by atoms with E-state index >= 15 is 0 Å². The van der Waals surface area contributed by atoms with E-state index < -0.39 is 0 Å². The Bertz CT molecular complexity index is 204. The van der Waals surface area contributed by atoms with E-state index in [0.29, 0.717) is 6.42 Å². The molecule has 1 aliphatic rings. The molecule has 1 fully saturated rings. The van der Waals surface area contributed by atoms with Crippen molar-refractivity contribution in [3.63, 3.8) is 0 Å². The Morgan fingerprint density at radius 2 is 2.38 bits per heavy atom. The van der Waals surface area contributed by atoms with Gasteiger partial charge in [-0.25, -0.2) is 5.01 Å². The SMILES string of the molecule is COC(C)/C=N/N1CCCCC1=O. The standard InChI is InChI=1S/C9H16N2O2/c1-8(13-2)7-10-11-6-4-3-5-9(11)12/h7-8H,3-6H2,1-2H3/b10-7+. The van der Waals surface area contributed by atoms with Crippen molar-refractivity contribution >= 4 is 12.1 Å². The third-order valence-electron chi connectivity index (χ3n) is 2.09. The van der Waals surface area contributed by atoms with Crippen LogP contribution in [0.1, 0.15) is 26.2 Å². The molecule has 0 saturated carbocycles. The molecule has 0 aliphatic carbocycles. The van der Waals surface area contributed by atoms with E-state index in [-0.39, 0.29) is 12.0 Å². The fourth-order valence-electron chi connectivity index (χ4n) is 1.15. The average molecular weight is 184 g/mol. The fourth-order valence-corrected chi connectivity index (χ4v) is 1.15. The molecule has 1 unspecified atom stereocenters. The molecule has 1 amide bonds. The smallest absolute Gasteiger partial charge is 0.242 e. The van der Waals surface area contributed by atoms with Crippen LogP contribution in [-0.4, -0.2) is 36.9 Å². The van der Waals surface area contributed by atoms with Crippen LogP contribution in [0, 0.1) is 0 Å². The molecule has 0 aromatic rings. The maximum absolute atomic E-state index is 11.3. The molecule has 1 aliphatic heterocycles. The Hall–Kier alpha value is -0.900. The van der Waals surface area contributed by atoms with Crippen LogP contribution in [0.25, 0.3) is 0 Å². The number of amides is 1. The van der Waals surface area contributed by atoms with Gasteiger partial charge in [0.2, 0.25) is 5.91 Å². The normalized spacial score (nSPS) is 21.1. The van der Waals surface area contributed by atoms with E-state index in [0.717, 1.165) is 19.4 Å². The maximum atomic E-state index is 11.3. The molecule has 0 spiro atoms. The highest BCUT2D eigenvalue weighted by atomic mass is 16.5. The second-order valence-electron chi connectivity index (χ2n) is 3.18. The first-order valence-electron chi connectivity index (χ1n) is 4.61. The molecule has 1 rings (SSSR count). The van der Waals surface area contributed by atoms with Crippen LogP contribution in [-0.2, 0) is 9.53 Å². The minimum atomic E-state index is -0.0327. The minimum Gasteiger partial charge on any atom is -0.376 e. The highest BCUT2D eigenvalue weighted by molar-refractivity contribution is 5.77. The summed E-state index contributed by atoms with van der Waals surface area (Å²) >= 11 is 0. The number of carbonyl (C=O) groups excluding carboxylic acids is 1. The summed E-state index contributed by atoms with van der Waals surface area (Å²) in [6.45, 7) is 2.63. The fraction of sp³-hybridized carbons (Fsp3) is 0.778. The topological polar surface area (TPSA) is 41.9 Å². The zero-order chi connectivity index (χ0) is 9.68. The molecule has 0 bridgehead atoms. The van der Waals surface area contributed by atoms with Crippen molar-refractivity contribution in [3.05, 3.63) is 0 Å². The summed E-state index contributed by atoms with van der Waals surface area (Å²) in [6, 6.07) is 0. The van der Waals surface area contributed by atoms with E-state index in [4.69, 9.17) is 4.74 Å². The van der Waals surface area contributed by atoms with E-state index in [1.807, 2.05) is 6.92 Å². The molecule has 1 heterocycles. The lowest BCUT2D eigenvalue weighted by atomic mass is 10.1. The van der Waals surface area contributed by atoms with Crippen LogP contribution in [0.2, 0.25) is 0 Å². The number of methoxy groups -OCH3 is 1. The van der Waals surface area contributed by atoms with Gasteiger partial charge in [-0.05, 0) is 19.8 Å². The highest BCUT2D eigenvalue weighted by Crippen LogP contribution is 2.10. The van der Waals surface area contributed by atoms with Crippen LogP contribution in [0.5, 0.6) is 0 Å². The Morgan fingerprint density at radius 3 is 3.00 bits per heavy atom. The summed E-state index contributed by atoms with van der Waals surface area (Å²) in [5.41, 5.74) is 0. The molecule has 0 radical (unpaired) electrons. The van der Waals surface area contributed by atoms with Gasteiger partial charge in [-0.3, -0.25) is 4.79 Å². The summed E-state index contributed by atoms with van der Waals surface area (Å²) in [7, 11) is 1.62. The summed E-state index contributed by atoms with van der Waals surface area (Å²) in [5.74, 6) is 0.116. The zero-order valence-corrected chi connectivity index (χ0v) is 8.19. The molecule has 0 aromatic carbocycles. The van der Waals surface area contributed by atoms with Crippen LogP contribution in [0.3, 0.4) is 0 Å². The number of hydrazone groups is 1. The van der Waals surface area contributed by atoms with Crippen molar-refractivity contribution in [1.29, 1.82) is 0 Å². The van der Waals surface area contributed by atoms with Crippen LogP contribution in [0.15, 0.2) is 5.10 Å². The van der Waals surface area contributed by atoms with Gasteiger partial charge >= 0.3 is 0 Å². The quantitative estimate of drug-likeness (QED) is 0.614. The molecule has 0 aromatic heterocycles. The predicted octanol–water partition coefficient (Wildman–Crippen LogP) is 1.02. The molecule has 0 N–H and O–H groups in total. The Morgan fingerprint density at radius 1 is 1.62 bits per heavy atom. The third kappa shape index (κ3) is 3.14. The minimum absolute atomic E-state index is 0.0327. The Labute approximate surface area is 78.6 Å². The van der Waals surface area contributed by atoms with E-state index in [1.165, 1.54) is 5.01 Å². The molecule has 1 saturated heterocycles. The lowest BCUT2D eigenvalue weighted by Gasteiger charge is -2.21. The number of hydrogen-bond donors (Lipinski definition) is 0. The summed E-state index contributed by atoms with van der Waals surface area (Å²) in [4.78, 5) is 11.3. The first kappa shape index (κ1) is 10.2. The van der Waals surface area contributed by atoms with Crippen molar-refractivity contribution in [2.75, 3.05) is 13.7 Å². The number of piperidine rings is 1. The molecule has 74 valence electrons. The van der Waals surface area contributed by atoms with Gasteiger partial charge in [-0.15, -0.1) is 0 Å². The van der Waals surface area contributed by atoms with Gasteiger partial charge in [0.15, 0.2) is 0 Å². The number of hydrogen-bond acceptors (Lipinski definition) is 3. The summed E-state index contributed by atoms with van der Waals surface area (Å²) in [5, 5.41) is 5.60. The summed E-state index contributed by atoms with van der Waals surface area (Å²) in [6.07, 6.45) is 4.28. The Balaban J connectivity index is 2.42. The average Bonchev–Trinajstić information content (AvgIpc) is 2.16. The summed E-state index contributed by atoms with van der Waals surface area (Å²) < 4.78 is 4.99. The van der Waals surface area contributed by atoms with Crippen molar-refractivity contribution < 1.29 is 9.53 Å². The van der Waals surface area contributed by atoms with Gasteiger partial charge in [0.1, 0.15) is 0 Å². The number of rotatable bonds is 3. The highest BCUT2D eigenvalue weighted by Gasteiger charge is 2.16. The van der Waals surface area contributed by atoms with Gasteiger partial charge in [-0.1, -0.05) is 0 Å². The molecular weight excluding hydrogens is 168 g/mol. The van der Waals surface area contributed by atoms with Crippen molar-refractivity contribution in [3.8, 4) is 0 Å². The van der Waals surface area contributed by atoms with Crippen LogP contribution < -0.4 is 0 Å². The van der Waals surface area contributed by atoms with Gasteiger partial charge in [0, 0.05) is 20.1 Å². The van der Waals surface area contributed by atoms with Crippen molar-refractivity contribution in [1.82, 2.24) is 5.01 Å². The molecule has 4 nitrogen and oxygen atoms in total. The monoisotopic (exact) mass is 184 g/mol. The lowest BCUT2D eigenvalue weighted by molar-refractivity contribution is -0.133. The molecule has 4 heteroatoms. The van der Waals surface area contributed by atoms with Crippen molar-refractivity contribution in [2.24, 2.45) is 5.10 Å². The third-order valence-corrected chi connectivity index (χ3v) is 2.09. The molecule has 1 atom stereocenters. The van der Waals surface area contributed by atoms with E-state index in [2.05, 4.69) is 5.10 Å². The van der Waals surface area contributed by atoms with Crippen molar-refractivity contribution in [2.45, 2.75) is 32.3 Å². The molecule has 13 heavy (non-hydrogen) atoms. The number of carbonyl (C=O) groups is 1. The van der Waals surface area contributed by atoms with Gasteiger partial charge in [0.05, 0.1) is 12.3 Å². The van der Waals surface area contributed by atoms with Gasteiger partial charge in [-0.2, -0.15) is 5.10 Å².